The van der Waals surface area contributed by atoms with Gasteiger partial charge in [0.1, 0.15) is 5.82 Å². The molecule has 0 aliphatic rings. The Hall–Kier alpha value is -2.45. The first-order valence-electron chi connectivity index (χ1n) is 7.53. The second kappa shape index (κ2) is 7.62. The number of hydrogen-bond acceptors (Lipinski definition) is 4. The Morgan fingerprint density at radius 3 is 2.44 bits per heavy atom. The maximum absolute atomic E-state index is 12.9. The van der Waals surface area contributed by atoms with Crippen LogP contribution < -0.4 is 10.0 Å². The lowest BCUT2D eigenvalue weighted by Gasteiger charge is -2.14. The summed E-state index contributed by atoms with van der Waals surface area (Å²) < 4.78 is 40.2. The van der Waals surface area contributed by atoms with Gasteiger partial charge in [-0.05, 0) is 55.8 Å². The van der Waals surface area contributed by atoms with Crippen molar-refractivity contribution in [3.8, 4) is 0 Å². The number of halogens is 1. The molecule has 134 valence electrons. The molecule has 0 heterocycles. The number of aliphatic hydroxyl groups excluding tert-OH is 1. The lowest BCUT2D eigenvalue weighted by molar-refractivity contribution is 0.0921. The van der Waals surface area contributed by atoms with Crippen molar-refractivity contribution in [3.05, 3.63) is 59.4 Å². The first-order chi connectivity index (χ1) is 11.7. The summed E-state index contributed by atoms with van der Waals surface area (Å²) in [6, 6.07) is 8.61. The van der Waals surface area contributed by atoms with Gasteiger partial charge in [0.05, 0.1) is 11.5 Å². The van der Waals surface area contributed by atoms with Crippen LogP contribution in [-0.2, 0) is 10.0 Å². The van der Waals surface area contributed by atoms with Crippen molar-refractivity contribution < 1.29 is 22.7 Å². The smallest absolute Gasteiger partial charge is 0.261 e. The fraction of sp³-hybridized carbons (Fsp3) is 0.235. The van der Waals surface area contributed by atoms with Gasteiger partial charge in [0, 0.05) is 17.3 Å². The van der Waals surface area contributed by atoms with E-state index in [2.05, 4.69) is 10.0 Å². The first kappa shape index (κ1) is 18.9. The van der Waals surface area contributed by atoms with Crippen molar-refractivity contribution in [3.63, 3.8) is 0 Å². The molecule has 6 nitrogen and oxygen atoms in total. The Kier molecular flexibility index (Phi) is 5.76. The zero-order valence-corrected chi connectivity index (χ0v) is 14.6. The van der Waals surface area contributed by atoms with Gasteiger partial charge in [0.15, 0.2) is 0 Å². The molecular weight excluding hydrogens is 347 g/mol. The second-order valence-corrected chi connectivity index (χ2v) is 7.33. The highest BCUT2D eigenvalue weighted by Crippen LogP contribution is 2.19. The maximum atomic E-state index is 12.9. The summed E-state index contributed by atoms with van der Waals surface area (Å²) in [5.74, 6) is -0.951. The first-order valence-corrected chi connectivity index (χ1v) is 9.02. The average Bonchev–Trinajstić information content (AvgIpc) is 2.56. The molecule has 8 heteroatoms. The van der Waals surface area contributed by atoms with Gasteiger partial charge in [-0.1, -0.05) is 6.07 Å². The highest BCUT2D eigenvalue weighted by molar-refractivity contribution is 7.92. The molecule has 1 atom stereocenters. The SMILES string of the molecule is Cc1ccc(S(=O)(=O)Nc2ccc(F)cc2)cc1C(=O)NC(C)CO. The molecule has 0 fully saturated rings. The number of aliphatic hydroxyl groups is 1. The largest absolute Gasteiger partial charge is 0.394 e. The van der Waals surface area contributed by atoms with E-state index in [4.69, 9.17) is 5.11 Å². The van der Waals surface area contributed by atoms with Crippen molar-refractivity contribution in [2.24, 2.45) is 0 Å². The fourth-order valence-electron chi connectivity index (χ4n) is 2.09. The normalized spacial score (nSPS) is 12.5. The quantitative estimate of drug-likeness (QED) is 0.729. The predicted octanol–water partition coefficient (Wildman–Crippen LogP) is 2.05. The lowest BCUT2D eigenvalue weighted by atomic mass is 10.1. The van der Waals surface area contributed by atoms with Gasteiger partial charge in [-0.25, -0.2) is 12.8 Å². The summed E-state index contributed by atoms with van der Waals surface area (Å²) in [5, 5.41) is 11.6. The number of carbonyl (C=O) groups is 1. The van der Waals surface area contributed by atoms with Gasteiger partial charge < -0.3 is 10.4 Å². The molecule has 3 N–H and O–H groups in total. The van der Waals surface area contributed by atoms with Crippen molar-refractivity contribution in [2.45, 2.75) is 24.8 Å². The van der Waals surface area contributed by atoms with Crippen LogP contribution in [0.1, 0.15) is 22.8 Å². The summed E-state index contributed by atoms with van der Waals surface area (Å²) in [7, 11) is -3.93. The molecule has 2 aromatic carbocycles. The summed E-state index contributed by atoms with van der Waals surface area (Å²) >= 11 is 0. The van der Waals surface area contributed by atoms with Crippen LogP contribution in [0.2, 0.25) is 0 Å². The molecular formula is C17H19FN2O4S. The average molecular weight is 366 g/mol. The molecule has 0 bridgehead atoms. The van der Waals surface area contributed by atoms with Crippen molar-refractivity contribution >= 4 is 21.6 Å². The molecule has 0 radical (unpaired) electrons. The molecule has 1 amide bonds. The molecule has 0 saturated heterocycles. The number of aryl methyl sites for hydroxylation is 1. The summed E-state index contributed by atoms with van der Waals surface area (Å²) in [6.07, 6.45) is 0. The number of hydrogen-bond donors (Lipinski definition) is 3. The highest BCUT2D eigenvalue weighted by Gasteiger charge is 2.19. The molecule has 25 heavy (non-hydrogen) atoms. The third kappa shape index (κ3) is 4.77. The number of nitrogens with one attached hydrogen (secondary N) is 2. The van der Waals surface area contributed by atoms with E-state index in [-0.39, 0.29) is 22.8 Å². The highest BCUT2D eigenvalue weighted by atomic mass is 32.2. The molecule has 1 unspecified atom stereocenters. The van der Waals surface area contributed by atoms with Gasteiger partial charge >= 0.3 is 0 Å². The molecule has 2 rings (SSSR count). The summed E-state index contributed by atoms with van der Waals surface area (Å²) in [4.78, 5) is 12.1. The van der Waals surface area contributed by atoms with E-state index >= 15 is 0 Å². The number of sulfonamides is 1. The van der Waals surface area contributed by atoms with Crippen LogP contribution in [0.4, 0.5) is 10.1 Å². The van der Waals surface area contributed by atoms with Gasteiger partial charge in [0.2, 0.25) is 0 Å². The molecule has 0 saturated carbocycles. The maximum Gasteiger partial charge on any atom is 0.261 e. The van der Waals surface area contributed by atoms with Crippen LogP contribution in [0.25, 0.3) is 0 Å². The van der Waals surface area contributed by atoms with Crippen molar-refractivity contribution in [1.82, 2.24) is 5.32 Å². The van der Waals surface area contributed by atoms with E-state index in [0.29, 0.717) is 5.56 Å². The molecule has 0 aromatic heterocycles. The summed E-state index contributed by atoms with van der Waals surface area (Å²) in [6.45, 7) is 3.08. The molecule has 0 spiro atoms. The lowest BCUT2D eigenvalue weighted by Crippen LogP contribution is -2.35. The van der Waals surface area contributed by atoms with Crippen molar-refractivity contribution in [2.75, 3.05) is 11.3 Å². The minimum Gasteiger partial charge on any atom is -0.394 e. The van der Waals surface area contributed by atoms with Gasteiger partial charge in [-0.3, -0.25) is 9.52 Å². The fourth-order valence-corrected chi connectivity index (χ4v) is 3.18. The van der Waals surface area contributed by atoms with Crippen LogP contribution in [0.15, 0.2) is 47.4 Å². The topological polar surface area (TPSA) is 95.5 Å². The van der Waals surface area contributed by atoms with Gasteiger partial charge in [0.25, 0.3) is 15.9 Å². The van der Waals surface area contributed by atoms with E-state index in [1.165, 1.54) is 30.3 Å². The van der Waals surface area contributed by atoms with Crippen LogP contribution in [0.5, 0.6) is 0 Å². The Morgan fingerprint density at radius 1 is 1.20 bits per heavy atom. The predicted molar refractivity (Wildman–Crippen MR) is 92.4 cm³/mol. The van der Waals surface area contributed by atoms with Crippen molar-refractivity contribution in [1.29, 1.82) is 0 Å². The third-order valence-electron chi connectivity index (χ3n) is 3.51. The van der Waals surface area contributed by atoms with Gasteiger partial charge in [-0.15, -0.1) is 0 Å². The number of benzene rings is 2. The molecule has 0 aliphatic carbocycles. The molecule has 0 aliphatic heterocycles. The van der Waals surface area contributed by atoms with Gasteiger partial charge in [-0.2, -0.15) is 0 Å². The minimum atomic E-state index is -3.93. The Morgan fingerprint density at radius 2 is 1.84 bits per heavy atom. The number of rotatable bonds is 6. The number of amides is 1. The van der Waals surface area contributed by atoms with E-state index in [9.17, 15) is 17.6 Å². The van der Waals surface area contributed by atoms with Crippen LogP contribution in [-0.4, -0.2) is 32.1 Å². The van der Waals surface area contributed by atoms with E-state index < -0.39 is 27.8 Å². The van der Waals surface area contributed by atoms with E-state index in [0.717, 1.165) is 12.1 Å². The number of anilines is 1. The summed E-state index contributed by atoms with van der Waals surface area (Å²) in [5.41, 5.74) is 1.01. The standard InChI is InChI=1S/C17H19FN2O4S/c1-11-3-8-15(9-16(11)17(22)19-12(2)10-21)25(23,24)20-14-6-4-13(18)5-7-14/h3-9,12,20-21H,10H2,1-2H3,(H,19,22). The van der Waals surface area contributed by atoms with Crippen LogP contribution >= 0.6 is 0 Å². The zero-order chi connectivity index (χ0) is 18.6. The third-order valence-corrected chi connectivity index (χ3v) is 4.89. The minimum absolute atomic E-state index is 0.0933. The number of carbonyl (C=O) groups excluding carboxylic acids is 1. The Bertz CT molecular complexity index is 867. The monoisotopic (exact) mass is 366 g/mol. The Balaban J connectivity index is 2.30. The van der Waals surface area contributed by atoms with Crippen LogP contribution in [0.3, 0.4) is 0 Å². The van der Waals surface area contributed by atoms with E-state index in [1.54, 1.807) is 13.8 Å². The van der Waals surface area contributed by atoms with Crippen LogP contribution in [0, 0.1) is 12.7 Å². The van der Waals surface area contributed by atoms with E-state index in [1.807, 2.05) is 0 Å². The zero-order valence-electron chi connectivity index (χ0n) is 13.8. The Labute approximate surface area is 145 Å². The second-order valence-electron chi connectivity index (χ2n) is 5.65. The molecule has 2 aromatic rings.